The Kier molecular flexibility index (Phi) is 3.42. The quantitative estimate of drug-likeness (QED) is 0.505. The van der Waals surface area contributed by atoms with Crippen LogP contribution in [-0.4, -0.2) is 12.6 Å². The van der Waals surface area contributed by atoms with Crippen LogP contribution in [0, 0.1) is 5.92 Å². The maximum Gasteiger partial charge on any atom is 0.0250 e. The summed E-state index contributed by atoms with van der Waals surface area (Å²) in [6, 6.07) is 0.688. The first-order valence-electron chi connectivity index (χ1n) is 5.85. The van der Waals surface area contributed by atoms with Gasteiger partial charge < -0.3 is 5.32 Å². The molecule has 0 aliphatic heterocycles. The van der Waals surface area contributed by atoms with Crippen molar-refractivity contribution in [2.24, 2.45) is 5.92 Å². The summed E-state index contributed by atoms with van der Waals surface area (Å²) >= 11 is 0. The molecule has 2 aliphatic rings. The lowest BCUT2D eigenvalue weighted by molar-refractivity contribution is 0.501. The summed E-state index contributed by atoms with van der Waals surface area (Å²) in [5.41, 5.74) is 0. The van der Waals surface area contributed by atoms with Crippen molar-refractivity contribution < 1.29 is 0 Å². The van der Waals surface area contributed by atoms with Gasteiger partial charge in [-0.1, -0.05) is 25.0 Å². The second-order valence-electron chi connectivity index (χ2n) is 4.51. The van der Waals surface area contributed by atoms with E-state index < -0.39 is 0 Å². The van der Waals surface area contributed by atoms with Crippen molar-refractivity contribution in [3.63, 3.8) is 0 Å². The van der Waals surface area contributed by atoms with Gasteiger partial charge in [-0.25, -0.2) is 0 Å². The maximum absolute atomic E-state index is 3.62. The van der Waals surface area contributed by atoms with Crippen LogP contribution in [0.25, 0.3) is 0 Å². The molecular weight excluding hydrogens is 158 g/mol. The molecule has 0 heterocycles. The smallest absolute Gasteiger partial charge is 0.0250 e. The highest BCUT2D eigenvalue weighted by molar-refractivity contribution is 4.97. The van der Waals surface area contributed by atoms with Gasteiger partial charge in [0.2, 0.25) is 0 Å². The van der Waals surface area contributed by atoms with Crippen molar-refractivity contribution >= 4 is 0 Å². The minimum Gasteiger partial charge on any atom is -0.311 e. The molecule has 1 N–H and O–H groups in total. The van der Waals surface area contributed by atoms with Crippen molar-refractivity contribution in [3.05, 3.63) is 12.2 Å². The van der Waals surface area contributed by atoms with Crippen LogP contribution in [0.1, 0.15) is 44.9 Å². The van der Waals surface area contributed by atoms with Gasteiger partial charge in [-0.15, -0.1) is 0 Å². The van der Waals surface area contributed by atoms with Gasteiger partial charge in [-0.3, -0.25) is 0 Å². The molecule has 1 heteroatoms. The molecule has 2 aliphatic carbocycles. The monoisotopic (exact) mass is 179 g/mol. The predicted molar refractivity (Wildman–Crippen MR) is 56.7 cm³/mol. The average Bonchev–Trinajstić information content (AvgIpc) is 2.98. The number of hydrogen-bond acceptors (Lipinski definition) is 1. The number of allylic oxidation sites excluding steroid dienone is 1. The predicted octanol–water partition coefficient (Wildman–Crippen LogP) is 2.87. The van der Waals surface area contributed by atoms with Crippen LogP contribution in [0.5, 0.6) is 0 Å². The van der Waals surface area contributed by atoms with E-state index in [0.29, 0.717) is 6.04 Å². The van der Waals surface area contributed by atoms with Crippen LogP contribution in [0.3, 0.4) is 0 Å². The molecule has 1 atom stereocenters. The highest BCUT2D eigenvalue weighted by Gasteiger charge is 2.20. The normalized spacial score (nSPS) is 27.8. The molecule has 13 heavy (non-hydrogen) atoms. The van der Waals surface area contributed by atoms with Crippen molar-refractivity contribution in [2.45, 2.75) is 51.0 Å². The SMILES string of the molecule is C1=CC(NCCCC2CC2)CCC1. The molecule has 0 radical (unpaired) electrons. The summed E-state index contributed by atoms with van der Waals surface area (Å²) in [6.07, 6.45) is 14.5. The highest BCUT2D eigenvalue weighted by Crippen LogP contribution is 2.33. The van der Waals surface area contributed by atoms with E-state index in [2.05, 4.69) is 17.5 Å². The van der Waals surface area contributed by atoms with Gasteiger partial charge >= 0.3 is 0 Å². The van der Waals surface area contributed by atoms with E-state index >= 15 is 0 Å². The van der Waals surface area contributed by atoms with E-state index in [0.717, 1.165) is 5.92 Å². The molecule has 74 valence electrons. The van der Waals surface area contributed by atoms with Crippen LogP contribution < -0.4 is 5.32 Å². The van der Waals surface area contributed by atoms with Crippen LogP contribution in [0.4, 0.5) is 0 Å². The zero-order chi connectivity index (χ0) is 8.93. The first-order valence-corrected chi connectivity index (χ1v) is 5.85. The first-order chi connectivity index (χ1) is 6.45. The topological polar surface area (TPSA) is 12.0 Å². The summed E-state index contributed by atoms with van der Waals surface area (Å²) in [7, 11) is 0. The van der Waals surface area contributed by atoms with E-state index in [9.17, 15) is 0 Å². The standard InChI is InChI=1S/C12H21N/c1-2-6-12(7-3-1)13-10-4-5-11-8-9-11/h2,6,11-13H,1,3-5,7-10H2. The molecule has 1 nitrogen and oxygen atoms in total. The summed E-state index contributed by atoms with van der Waals surface area (Å²) < 4.78 is 0. The van der Waals surface area contributed by atoms with Crippen LogP contribution in [0.2, 0.25) is 0 Å². The Balaban J connectivity index is 1.50. The molecule has 1 fully saturated rings. The molecule has 0 aromatic carbocycles. The van der Waals surface area contributed by atoms with Crippen molar-refractivity contribution in [1.29, 1.82) is 0 Å². The van der Waals surface area contributed by atoms with Gasteiger partial charge in [0, 0.05) is 6.04 Å². The Bertz CT molecular complexity index is 170. The Morgan fingerprint density at radius 2 is 2.15 bits per heavy atom. The van der Waals surface area contributed by atoms with Crippen molar-refractivity contribution in [1.82, 2.24) is 5.32 Å². The van der Waals surface area contributed by atoms with E-state index in [1.165, 1.54) is 51.5 Å². The molecule has 1 saturated carbocycles. The van der Waals surface area contributed by atoms with Gasteiger partial charge in [0.15, 0.2) is 0 Å². The van der Waals surface area contributed by atoms with Gasteiger partial charge in [0.25, 0.3) is 0 Å². The minimum absolute atomic E-state index is 0.688. The lowest BCUT2D eigenvalue weighted by Crippen LogP contribution is -2.29. The van der Waals surface area contributed by atoms with Gasteiger partial charge in [0.05, 0.1) is 0 Å². The third-order valence-electron chi connectivity index (χ3n) is 3.15. The minimum atomic E-state index is 0.688. The zero-order valence-electron chi connectivity index (χ0n) is 8.47. The van der Waals surface area contributed by atoms with Crippen LogP contribution in [-0.2, 0) is 0 Å². The van der Waals surface area contributed by atoms with E-state index in [4.69, 9.17) is 0 Å². The highest BCUT2D eigenvalue weighted by atomic mass is 14.9. The molecule has 1 unspecified atom stereocenters. The molecule has 0 aromatic heterocycles. The van der Waals surface area contributed by atoms with Gasteiger partial charge in [-0.2, -0.15) is 0 Å². The Hall–Kier alpha value is -0.300. The van der Waals surface area contributed by atoms with E-state index in [-0.39, 0.29) is 0 Å². The lowest BCUT2D eigenvalue weighted by Gasteiger charge is -2.17. The third-order valence-corrected chi connectivity index (χ3v) is 3.15. The van der Waals surface area contributed by atoms with Gasteiger partial charge in [0.1, 0.15) is 0 Å². The largest absolute Gasteiger partial charge is 0.311 e. The van der Waals surface area contributed by atoms with Crippen LogP contribution >= 0.6 is 0 Å². The Labute approximate surface area is 81.6 Å². The average molecular weight is 179 g/mol. The molecule has 2 rings (SSSR count). The van der Waals surface area contributed by atoms with Crippen molar-refractivity contribution in [3.8, 4) is 0 Å². The van der Waals surface area contributed by atoms with Crippen LogP contribution in [0.15, 0.2) is 12.2 Å². The molecule has 0 amide bonds. The second kappa shape index (κ2) is 4.80. The Morgan fingerprint density at radius 1 is 1.23 bits per heavy atom. The van der Waals surface area contributed by atoms with Crippen molar-refractivity contribution in [2.75, 3.05) is 6.54 Å². The zero-order valence-corrected chi connectivity index (χ0v) is 8.47. The number of hydrogen-bond donors (Lipinski definition) is 1. The maximum atomic E-state index is 3.62. The molecule has 0 bridgehead atoms. The molecular formula is C12H21N. The van der Waals surface area contributed by atoms with E-state index in [1.807, 2.05) is 0 Å². The summed E-state index contributed by atoms with van der Waals surface area (Å²) in [6.45, 7) is 1.23. The number of rotatable bonds is 5. The fourth-order valence-corrected chi connectivity index (χ4v) is 2.07. The fourth-order valence-electron chi connectivity index (χ4n) is 2.07. The molecule has 0 aromatic rings. The fraction of sp³-hybridized carbons (Fsp3) is 0.833. The summed E-state index contributed by atoms with van der Waals surface area (Å²) in [4.78, 5) is 0. The first kappa shape index (κ1) is 9.26. The summed E-state index contributed by atoms with van der Waals surface area (Å²) in [5, 5.41) is 3.62. The second-order valence-corrected chi connectivity index (χ2v) is 4.51. The van der Waals surface area contributed by atoms with Gasteiger partial charge in [-0.05, 0) is 44.6 Å². The summed E-state index contributed by atoms with van der Waals surface area (Å²) in [5.74, 6) is 1.10. The number of nitrogens with one attached hydrogen (secondary N) is 1. The van der Waals surface area contributed by atoms with E-state index in [1.54, 1.807) is 0 Å². The molecule has 0 spiro atoms. The lowest BCUT2D eigenvalue weighted by atomic mass is 10.0. The molecule has 0 saturated heterocycles. The third kappa shape index (κ3) is 3.51. The Morgan fingerprint density at radius 3 is 2.85 bits per heavy atom.